The number of pyridine rings is 1. The number of amides is 1. The highest BCUT2D eigenvalue weighted by Gasteiger charge is 2.08. The van der Waals surface area contributed by atoms with Crippen LogP contribution in [0.1, 0.15) is 15.9 Å². The molecule has 1 N–H and O–H groups in total. The second-order valence-corrected chi connectivity index (χ2v) is 6.69. The van der Waals surface area contributed by atoms with E-state index in [4.69, 9.17) is 0 Å². The molecule has 0 aliphatic rings. The third-order valence-corrected chi connectivity index (χ3v) is 4.85. The molecule has 0 aliphatic carbocycles. The Morgan fingerprint density at radius 1 is 1.12 bits per heavy atom. The second kappa shape index (κ2) is 7.33. The molecule has 0 fully saturated rings. The Morgan fingerprint density at radius 2 is 2.08 bits per heavy atom. The Morgan fingerprint density at radius 3 is 2.88 bits per heavy atom. The fourth-order valence-corrected chi connectivity index (χ4v) is 3.37. The van der Waals surface area contributed by atoms with Crippen LogP contribution in [0.2, 0.25) is 0 Å². The van der Waals surface area contributed by atoms with Gasteiger partial charge in [-0.25, -0.2) is 4.68 Å². The van der Waals surface area contributed by atoms with Gasteiger partial charge >= 0.3 is 0 Å². The van der Waals surface area contributed by atoms with Gasteiger partial charge in [-0.1, -0.05) is 12.1 Å². The highest BCUT2D eigenvalue weighted by molar-refractivity contribution is 7.13. The molecule has 0 bridgehead atoms. The molecular weight excluding hydrogens is 344 g/mol. The van der Waals surface area contributed by atoms with Crippen molar-refractivity contribution in [3.63, 3.8) is 0 Å². The largest absolute Gasteiger partial charge is 0.348 e. The monoisotopic (exact) mass is 360 g/mol. The molecule has 4 aromatic rings. The van der Waals surface area contributed by atoms with Gasteiger partial charge in [-0.05, 0) is 47.3 Å². The van der Waals surface area contributed by atoms with Crippen LogP contribution >= 0.6 is 11.3 Å². The highest BCUT2D eigenvalue weighted by atomic mass is 32.1. The van der Waals surface area contributed by atoms with Crippen LogP contribution in [0.3, 0.4) is 0 Å². The van der Waals surface area contributed by atoms with Gasteiger partial charge in [0.25, 0.3) is 5.91 Å². The second-order valence-electron chi connectivity index (χ2n) is 5.74. The van der Waals surface area contributed by atoms with Crippen molar-refractivity contribution in [3.8, 4) is 16.1 Å². The van der Waals surface area contributed by atoms with Crippen LogP contribution in [-0.2, 0) is 6.54 Å². The zero-order valence-corrected chi connectivity index (χ0v) is 14.7. The number of nitrogens with one attached hydrogen (secondary N) is 1. The van der Waals surface area contributed by atoms with Crippen molar-refractivity contribution in [3.05, 3.63) is 89.8 Å². The van der Waals surface area contributed by atoms with Gasteiger partial charge in [0.05, 0.1) is 5.69 Å². The summed E-state index contributed by atoms with van der Waals surface area (Å²) in [5.41, 5.74) is 3.48. The molecule has 0 saturated carbocycles. The Kier molecular flexibility index (Phi) is 4.57. The van der Waals surface area contributed by atoms with Crippen LogP contribution < -0.4 is 5.32 Å². The predicted octanol–water partition coefficient (Wildman–Crippen LogP) is 3.93. The molecule has 0 saturated heterocycles. The number of hydrogen-bond donors (Lipinski definition) is 1. The van der Waals surface area contributed by atoms with E-state index < -0.39 is 0 Å². The van der Waals surface area contributed by atoms with E-state index in [0.717, 1.165) is 21.7 Å². The average Bonchev–Trinajstić information content (AvgIpc) is 3.40. The van der Waals surface area contributed by atoms with E-state index in [2.05, 4.69) is 27.5 Å². The van der Waals surface area contributed by atoms with E-state index in [9.17, 15) is 4.79 Å². The van der Waals surface area contributed by atoms with Crippen LogP contribution in [0.25, 0.3) is 16.1 Å². The molecular formula is C20H16N4OS. The molecule has 0 atom stereocenters. The zero-order valence-electron chi connectivity index (χ0n) is 13.9. The summed E-state index contributed by atoms with van der Waals surface area (Å²) in [5.74, 6) is -0.125. The van der Waals surface area contributed by atoms with Crippen molar-refractivity contribution < 1.29 is 4.79 Å². The highest BCUT2D eigenvalue weighted by Crippen LogP contribution is 2.24. The van der Waals surface area contributed by atoms with E-state index in [1.807, 2.05) is 48.1 Å². The SMILES string of the molecule is O=C(NCc1cncc(-c2cccs2)c1)c1cccc(-n2cccn2)c1. The summed E-state index contributed by atoms with van der Waals surface area (Å²) < 4.78 is 1.73. The normalized spacial score (nSPS) is 10.6. The predicted molar refractivity (Wildman–Crippen MR) is 102 cm³/mol. The number of thiophene rings is 1. The molecule has 0 aliphatic heterocycles. The van der Waals surface area contributed by atoms with Crippen molar-refractivity contribution in [2.75, 3.05) is 0 Å². The summed E-state index contributed by atoms with van der Waals surface area (Å²) in [7, 11) is 0. The van der Waals surface area contributed by atoms with E-state index in [1.54, 1.807) is 34.5 Å². The summed E-state index contributed by atoms with van der Waals surface area (Å²) in [6, 6.07) is 15.4. The van der Waals surface area contributed by atoms with Crippen LogP contribution in [0.4, 0.5) is 0 Å². The standard InChI is InChI=1S/C20H16N4OS/c25-20(16-4-1-5-18(11-16)24-8-3-7-23-24)22-13-15-10-17(14-21-12-15)19-6-2-9-26-19/h1-12,14H,13H2,(H,22,25). The third kappa shape index (κ3) is 3.55. The first-order valence-electron chi connectivity index (χ1n) is 8.16. The number of rotatable bonds is 5. The van der Waals surface area contributed by atoms with Gasteiger partial charge in [-0.15, -0.1) is 11.3 Å². The lowest BCUT2D eigenvalue weighted by atomic mass is 10.1. The van der Waals surface area contributed by atoms with Crippen molar-refractivity contribution in [2.45, 2.75) is 6.54 Å². The summed E-state index contributed by atoms with van der Waals surface area (Å²) in [4.78, 5) is 17.9. The molecule has 1 aromatic carbocycles. The van der Waals surface area contributed by atoms with Crippen LogP contribution in [-0.4, -0.2) is 20.7 Å². The lowest BCUT2D eigenvalue weighted by molar-refractivity contribution is 0.0951. The first-order chi connectivity index (χ1) is 12.8. The van der Waals surface area contributed by atoms with Gasteiger partial charge < -0.3 is 5.32 Å². The van der Waals surface area contributed by atoms with Crippen LogP contribution in [0, 0.1) is 0 Å². The molecule has 4 rings (SSSR count). The van der Waals surface area contributed by atoms with Gasteiger partial charge in [-0.2, -0.15) is 5.10 Å². The molecule has 0 unspecified atom stereocenters. The topological polar surface area (TPSA) is 59.8 Å². The van der Waals surface area contributed by atoms with Crippen molar-refractivity contribution >= 4 is 17.2 Å². The number of benzene rings is 1. The minimum absolute atomic E-state index is 0.125. The lowest BCUT2D eigenvalue weighted by Crippen LogP contribution is -2.23. The van der Waals surface area contributed by atoms with Gasteiger partial charge in [0, 0.05) is 47.3 Å². The Labute approximate surface area is 155 Å². The molecule has 0 spiro atoms. The Bertz CT molecular complexity index is 1010. The average molecular weight is 360 g/mol. The smallest absolute Gasteiger partial charge is 0.251 e. The van der Waals surface area contributed by atoms with Crippen LogP contribution in [0.15, 0.2) is 78.7 Å². The van der Waals surface area contributed by atoms with E-state index in [1.165, 1.54) is 0 Å². The first kappa shape index (κ1) is 16.2. The molecule has 6 heteroatoms. The first-order valence-corrected chi connectivity index (χ1v) is 9.04. The Hall–Kier alpha value is -3.25. The molecule has 3 aromatic heterocycles. The number of nitrogens with zero attached hydrogens (tertiary/aromatic N) is 3. The number of hydrogen-bond acceptors (Lipinski definition) is 4. The van der Waals surface area contributed by atoms with Crippen molar-refractivity contribution in [1.82, 2.24) is 20.1 Å². The molecule has 128 valence electrons. The van der Waals surface area contributed by atoms with Gasteiger partial charge in [-0.3, -0.25) is 9.78 Å². The summed E-state index contributed by atoms with van der Waals surface area (Å²) in [5, 5.41) is 9.19. The maximum atomic E-state index is 12.5. The number of carbonyl (C=O) groups excluding carboxylic acids is 1. The lowest BCUT2D eigenvalue weighted by Gasteiger charge is -2.08. The van der Waals surface area contributed by atoms with E-state index in [0.29, 0.717) is 12.1 Å². The number of aromatic nitrogens is 3. The molecule has 5 nitrogen and oxygen atoms in total. The van der Waals surface area contributed by atoms with Gasteiger partial charge in [0.15, 0.2) is 0 Å². The molecule has 0 radical (unpaired) electrons. The number of carbonyl (C=O) groups is 1. The fraction of sp³-hybridized carbons (Fsp3) is 0.0500. The summed E-state index contributed by atoms with van der Waals surface area (Å²) in [6.07, 6.45) is 7.17. The zero-order chi connectivity index (χ0) is 17.8. The Balaban J connectivity index is 1.46. The molecule has 3 heterocycles. The van der Waals surface area contributed by atoms with E-state index in [-0.39, 0.29) is 5.91 Å². The fourth-order valence-electron chi connectivity index (χ4n) is 2.66. The maximum Gasteiger partial charge on any atom is 0.251 e. The third-order valence-electron chi connectivity index (χ3n) is 3.93. The van der Waals surface area contributed by atoms with Gasteiger partial charge in [0.1, 0.15) is 0 Å². The maximum absolute atomic E-state index is 12.5. The summed E-state index contributed by atoms with van der Waals surface area (Å²) >= 11 is 1.67. The quantitative estimate of drug-likeness (QED) is 0.587. The minimum atomic E-state index is -0.125. The van der Waals surface area contributed by atoms with Crippen molar-refractivity contribution in [1.29, 1.82) is 0 Å². The summed E-state index contributed by atoms with van der Waals surface area (Å²) in [6.45, 7) is 0.428. The molecule has 26 heavy (non-hydrogen) atoms. The van der Waals surface area contributed by atoms with Crippen molar-refractivity contribution in [2.24, 2.45) is 0 Å². The van der Waals surface area contributed by atoms with Gasteiger partial charge in [0.2, 0.25) is 0 Å². The minimum Gasteiger partial charge on any atom is -0.348 e. The van der Waals surface area contributed by atoms with E-state index >= 15 is 0 Å². The molecule has 1 amide bonds. The van der Waals surface area contributed by atoms with Crippen LogP contribution in [0.5, 0.6) is 0 Å².